The summed E-state index contributed by atoms with van der Waals surface area (Å²) in [6.45, 7) is 1.85. The van der Waals surface area contributed by atoms with Crippen LogP contribution >= 0.6 is 0 Å². The number of hydrogen-bond acceptors (Lipinski definition) is 5. The summed E-state index contributed by atoms with van der Waals surface area (Å²) < 4.78 is 10.7. The van der Waals surface area contributed by atoms with Gasteiger partial charge in [-0.3, -0.25) is 4.79 Å². The van der Waals surface area contributed by atoms with Crippen molar-refractivity contribution in [2.45, 2.75) is 6.92 Å². The van der Waals surface area contributed by atoms with Gasteiger partial charge in [-0.25, -0.2) is 5.43 Å². The lowest BCUT2D eigenvalue weighted by molar-refractivity contribution is -0.123. The molecule has 0 unspecified atom stereocenters. The smallest absolute Gasteiger partial charge is 0.277 e. The van der Waals surface area contributed by atoms with Gasteiger partial charge in [-0.2, -0.15) is 5.10 Å². The zero-order chi connectivity index (χ0) is 17.5. The summed E-state index contributed by atoms with van der Waals surface area (Å²) in [7, 11) is 0. The van der Waals surface area contributed by atoms with Crippen molar-refractivity contribution in [3.63, 3.8) is 0 Å². The molecule has 0 spiro atoms. The Labute approximate surface area is 145 Å². The van der Waals surface area contributed by atoms with E-state index in [9.17, 15) is 4.79 Å². The molecule has 1 aromatic heterocycles. The first-order chi connectivity index (χ1) is 12.2. The molecular formula is C19H17N3O3. The number of rotatable bonds is 6. The Balaban J connectivity index is 1.55. The van der Waals surface area contributed by atoms with E-state index < -0.39 is 0 Å². The quantitative estimate of drug-likeness (QED) is 0.554. The molecule has 0 bridgehead atoms. The molecule has 0 atom stereocenters. The first kappa shape index (κ1) is 16.4. The highest BCUT2D eigenvalue weighted by molar-refractivity contribution is 5.83. The first-order valence-electron chi connectivity index (χ1n) is 7.74. The maximum absolute atomic E-state index is 11.9. The van der Waals surface area contributed by atoms with Crippen molar-refractivity contribution in [1.29, 1.82) is 0 Å². The Morgan fingerprint density at radius 1 is 1.20 bits per heavy atom. The van der Waals surface area contributed by atoms with Gasteiger partial charge >= 0.3 is 0 Å². The fourth-order valence-corrected chi connectivity index (χ4v) is 2.16. The highest BCUT2D eigenvalue weighted by atomic mass is 16.5. The minimum atomic E-state index is -0.351. The molecule has 6 heteroatoms. The largest absolute Gasteiger partial charge is 0.483 e. The molecule has 3 aromatic rings. The number of ether oxygens (including phenoxy) is 1. The van der Waals surface area contributed by atoms with E-state index in [1.165, 1.54) is 5.56 Å². The van der Waals surface area contributed by atoms with E-state index in [2.05, 4.69) is 15.7 Å². The van der Waals surface area contributed by atoms with Crippen LogP contribution in [0.2, 0.25) is 0 Å². The van der Waals surface area contributed by atoms with Crippen LogP contribution in [0.5, 0.6) is 5.75 Å². The van der Waals surface area contributed by atoms with Crippen LogP contribution in [0, 0.1) is 6.92 Å². The van der Waals surface area contributed by atoms with Gasteiger partial charge in [-0.15, -0.1) is 0 Å². The van der Waals surface area contributed by atoms with Crippen molar-refractivity contribution in [2.24, 2.45) is 5.10 Å². The third-order valence-electron chi connectivity index (χ3n) is 3.43. The van der Waals surface area contributed by atoms with E-state index in [0.29, 0.717) is 11.5 Å². The van der Waals surface area contributed by atoms with Crippen molar-refractivity contribution in [1.82, 2.24) is 10.6 Å². The van der Waals surface area contributed by atoms with Gasteiger partial charge in [0.15, 0.2) is 12.4 Å². The molecule has 0 saturated carbocycles. The molecule has 3 rings (SSSR count). The predicted octanol–water partition coefficient (Wildman–Crippen LogP) is 3.18. The number of carbonyl (C=O) groups is 1. The molecule has 0 radical (unpaired) electrons. The average molecular weight is 335 g/mol. The fraction of sp³-hybridized carbons (Fsp3) is 0.105. The van der Waals surface area contributed by atoms with Crippen LogP contribution in [0.4, 0.5) is 0 Å². The van der Waals surface area contributed by atoms with Gasteiger partial charge in [-0.05, 0) is 24.6 Å². The number of aromatic nitrogens is 1. The number of nitrogens with zero attached hydrogens (tertiary/aromatic N) is 2. The summed E-state index contributed by atoms with van der Waals surface area (Å²) >= 11 is 0. The molecule has 0 aliphatic rings. The fourth-order valence-electron chi connectivity index (χ4n) is 2.16. The van der Waals surface area contributed by atoms with Gasteiger partial charge in [0.2, 0.25) is 0 Å². The summed E-state index contributed by atoms with van der Waals surface area (Å²) in [5.41, 5.74) is 5.24. The molecule has 0 aliphatic heterocycles. The average Bonchev–Trinajstić information content (AvgIpc) is 3.16. The highest BCUT2D eigenvalue weighted by Gasteiger charge is 2.10. The van der Waals surface area contributed by atoms with Crippen molar-refractivity contribution >= 4 is 12.1 Å². The maximum atomic E-state index is 11.9. The van der Waals surface area contributed by atoms with E-state index in [0.717, 1.165) is 11.1 Å². The number of carbonyl (C=O) groups excluding carboxylic acids is 1. The molecule has 126 valence electrons. The van der Waals surface area contributed by atoms with Crippen LogP contribution in [0.1, 0.15) is 11.1 Å². The molecule has 1 amide bonds. The third kappa shape index (κ3) is 4.54. The minimum Gasteiger partial charge on any atom is -0.483 e. The molecule has 6 nitrogen and oxygen atoms in total. The monoisotopic (exact) mass is 335 g/mol. The Hall–Kier alpha value is -3.41. The summed E-state index contributed by atoms with van der Waals surface area (Å²) in [6, 6.07) is 16.8. The van der Waals surface area contributed by atoms with Gasteiger partial charge in [-0.1, -0.05) is 47.1 Å². The normalized spacial score (nSPS) is 10.8. The topological polar surface area (TPSA) is 76.7 Å². The molecular weight excluding hydrogens is 318 g/mol. The van der Waals surface area contributed by atoms with E-state index in [1.807, 2.05) is 49.4 Å². The van der Waals surface area contributed by atoms with Gasteiger partial charge in [0, 0.05) is 6.07 Å². The Morgan fingerprint density at radius 3 is 2.76 bits per heavy atom. The maximum Gasteiger partial charge on any atom is 0.277 e. The number of hydrazone groups is 1. The Kier molecular flexibility index (Phi) is 5.21. The van der Waals surface area contributed by atoms with Crippen LogP contribution in [0.25, 0.3) is 11.3 Å². The van der Waals surface area contributed by atoms with Gasteiger partial charge < -0.3 is 9.26 Å². The molecule has 25 heavy (non-hydrogen) atoms. The van der Waals surface area contributed by atoms with Gasteiger partial charge in [0.25, 0.3) is 5.91 Å². The van der Waals surface area contributed by atoms with E-state index >= 15 is 0 Å². The van der Waals surface area contributed by atoms with E-state index in [4.69, 9.17) is 9.26 Å². The number of nitrogens with one attached hydrogen (secondary N) is 1. The van der Waals surface area contributed by atoms with Crippen LogP contribution in [-0.2, 0) is 4.79 Å². The Bertz CT molecular complexity index is 856. The molecule has 1 heterocycles. The number of aryl methyl sites for hydroxylation is 1. The van der Waals surface area contributed by atoms with Crippen molar-refractivity contribution in [3.05, 3.63) is 71.9 Å². The van der Waals surface area contributed by atoms with Gasteiger partial charge in [0.1, 0.15) is 5.75 Å². The zero-order valence-corrected chi connectivity index (χ0v) is 13.7. The molecule has 0 fully saturated rings. The molecule has 1 N–H and O–H groups in total. The number of para-hydroxylation sites is 1. The van der Waals surface area contributed by atoms with Crippen LogP contribution in [-0.4, -0.2) is 23.9 Å². The second-order valence-corrected chi connectivity index (χ2v) is 5.37. The predicted molar refractivity (Wildman–Crippen MR) is 94.3 cm³/mol. The third-order valence-corrected chi connectivity index (χ3v) is 3.43. The highest BCUT2D eigenvalue weighted by Crippen LogP contribution is 2.29. The SMILES string of the molecule is Cc1ccc(/C=N/NC(=O)COc2ccccc2-c2ccno2)cc1. The summed E-state index contributed by atoms with van der Waals surface area (Å²) in [5, 5.41) is 7.60. The lowest BCUT2D eigenvalue weighted by Gasteiger charge is -2.08. The van der Waals surface area contributed by atoms with Crippen LogP contribution in [0.15, 0.2) is 70.4 Å². The molecule has 0 aliphatic carbocycles. The summed E-state index contributed by atoms with van der Waals surface area (Å²) in [6.07, 6.45) is 3.14. The Morgan fingerprint density at radius 2 is 2.00 bits per heavy atom. The second-order valence-electron chi connectivity index (χ2n) is 5.37. The first-order valence-corrected chi connectivity index (χ1v) is 7.74. The molecule has 2 aromatic carbocycles. The number of amides is 1. The van der Waals surface area contributed by atoms with Crippen LogP contribution < -0.4 is 10.2 Å². The van der Waals surface area contributed by atoms with E-state index in [-0.39, 0.29) is 12.5 Å². The summed E-state index contributed by atoms with van der Waals surface area (Å²) in [4.78, 5) is 11.9. The van der Waals surface area contributed by atoms with Crippen LogP contribution in [0.3, 0.4) is 0 Å². The number of hydrogen-bond donors (Lipinski definition) is 1. The van der Waals surface area contributed by atoms with Crippen molar-refractivity contribution in [2.75, 3.05) is 6.61 Å². The second kappa shape index (κ2) is 7.92. The lowest BCUT2D eigenvalue weighted by atomic mass is 10.1. The zero-order valence-electron chi connectivity index (χ0n) is 13.7. The van der Waals surface area contributed by atoms with Gasteiger partial charge in [0.05, 0.1) is 18.0 Å². The van der Waals surface area contributed by atoms with Crippen molar-refractivity contribution in [3.8, 4) is 17.1 Å². The minimum absolute atomic E-state index is 0.156. The van der Waals surface area contributed by atoms with Crippen molar-refractivity contribution < 1.29 is 14.1 Å². The standard InChI is InChI=1S/C19H17N3O3/c1-14-6-8-15(9-7-14)12-20-22-19(23)13-24-17-5-3-2-4-16(17)18-10-11-21-25-18/h2-12H,13H2,1H3,(H,22,23)/b20-12+. The summed E-state index contributed by atoms with van der Waals surface area (Å²) in [5.74, 6) is 0.765. The number of benzene rings is 2. The van der Waals surface area contributed by atoms with E-state index in [1.54, 1.807) is 24.5 Å². The lowest BCUT2D eigenvalue weighted by Crippen LogP contribution is -2.24. The molecule has 0 saturated heterocycles.